The molecule has 1 aromatic carbocycles. The highest BCUT2D eigenvalue weighted by Crippen LogP contribution is 2.33. The van der Waals surface area contributed by atoms with E-state index in [1.807, 2.05) is 32.6 Å². The molecule has 2 fully saturated rings. The van der Waals surface area contributed by atoms with Gasteiger partial charge in [0.2, 0.25) is 0 Å². The maximum absolute atomic E-state index is 13.5. The Hall–Kier alpha value is -3.53. The zero-order valence-electron chi connectivity index (χ0n) is 23.3. The van der Waals surface area contributed by atoms with Gasteiger partial charge in [0.25, 0.3) is 11.8 Å². The highest BCUT2D eigenvalue weighted by molar-refractivity contribution is 5.95. The molecule has 2 aliphatic rings. The number of carbonyl (C=O) groups is 3. The zero-order chi connectivity index (χ0) is 28.0. The summed E-state index contributed by atoms with van der Waals surface area (Å²) in [6, 6.07) is 7.34. The van der Waals surface area contributed by atoms with Crippen LogP contribution in [0, 0.1) is 0 Å². The molecule has 0 unspecified atom stereocenters. The van der Waals surface area contributed by atoms with Crippen LogP contribution in [0.1, 0.15) is 74.1 Å². The highest BCUT2D eigenvalue weighted by Gasteiger charge is 2.40. The molecule has 0 spiro atoms. The lowest BCUT2D eigenvalue weighted by molar-refractivity contribution is 0.0142. The summed E-state index contributed by atoms with van der Waals surface area (Å²) in [5.74, 6) is 0.248. The number of nitrogens with one attached hydrogen (secondary N) is 1. The minimum absolute atomic E-state index is 0.0654. The smallest absolute Gasteiger partial charge is 0.410 e. The summed E-state index contributed by atoms with van der Waals surface area (Å²) in [5.41, 5.74) is 1.22. The van der Waals surface area contributed by atoms with Gasteiger partial charge < -0.3 is 24.6 Å². The van der Waals surface area contributed by atoms with Crippen molar-refractivity contribution in [2.24, 2.45) is 0 Å². The van der Waals surface area contributed by atoms with Crippen LogP contribution in [0.25, 0.3) is 11.4 Å². The van der Waals surface area contributed by atoms with Gasteiger partial charge in [0.05, 0.1) is 12.2 Å². The second-order valence-electron chi connectivity index (χ2n) is 11.0. The number of ether oxygens (including phenoxy) is 2. The van der Waals surface area contributed by atoms with E-state index in [1.165, 1.54) is 0 Å². The summed E-state index contributed by atoms with van der Waals surface area (Å²) in [6.45, 7) is 10.2. The number of hydrogen-bond donors (Lipinski definition) is 1. The van der Waals surface area contributed by atoms with Crippen molar-refractivity contribution in [3.8, 4) is 11.4 Å². The van der Waals surface area contributed by atoms with Gasteiger partial charge in [0.15, 0.2) is 5.82 Å². The third-order valence-electron chi connectivity index (χ3n) is 6.72. The van der Waals surface area contributed by atoms with E-state index in [0.29, 0.717) is 62.6 Å². The maximum atomic E-state index is 13.5. The molecule has 2 heterocycles. The summed E-state index contributed by atoms with van der Waals surface area (Å²) in [6.07, 6.45) is 6.25. The number of hydrogen-bond acceptors (Lipinski definition) is 7. The molecule has 4 rings (SSSR count). The van der Waals surface area contributed by atoms with Crippen LogP contribution in [0.3, 0.4) is 0 Å². The van der Waals surface area contributed by atoms with Crippen LogP contribution in [0.4, 0.5) is 4.79 Å². The van der Waals surface area contributed by atoms with Gasteiger partial charge in [0.1, 0.15) is 5.60 Å². The van der Waals surface area contributed by atoms with Crippen LogP contribution in [0.15, 0.2) is 36.7 Å². The van der Waals surface area contributed by atoms with Crippen molar-refractivity contribution in [3.05, 3.63) is 47.8 Å². The van der Waals surface area contributed by atoms with Crippen molar-refractivity contribution in [2.45, 2.75) is 71.1 Å². The van der Waals surface area contributed by atoms with Crippen molar-refractivity contribution < 1.29 is 23.9 Å². The number of amides is 3. The molecule has 1 N–H and O–H groups in total. The SMILES string of the molecule is CCOCCNC(=O)c1ccc(-c2ncc(C(=O)N(C3CC3)C3CCN(C(=O)OC(C)(C)C)CC3)cn2)cc1. The van der Waals surface area contributed by atoms with E-state index in [1.54, 1.807) is 41.6 Å². The molecular weight excluding hydrogens is 498 g/mol. The van der Waals surface area contributed by atoms with Crippen LogP contribution < -0.4 is 5.32 Å². The average Bonchev–Trinajstić information content (AvgIpc) is 3.76. The van der Waals surface area contributed by atoms with Gasteiger partial charge in [-0.15, -0.1) is 0 Å². The quantitative estimate of drug-likeness (QED) is 0.483. The fourth-order valence-electron chi connectivity index (χ4n) is 4.63. The third-order valence-corrected chi connectivity index (χ3v) is 6.72. The lowest BCUT2D eigenvalue weighted by Crippen LogP contribution is -2.50. The minimum atomic E-state index is -0.531. The number of piperidine rings is 1. The molecule has 0 radical (unpaired) electrons. The van der Waals surface area contributed by atoms with E-state index >= 15 is 0 Å². The van der Waals surface area contributed by atoms with E-state index < -0.39 is 5.60 Å². The van der Waals surface area contributed by atoms with Gasteiger partial charge in [-0.1, -0.05) is 12.1 Å². The third kappa shape index (κ3) is 7.75. The lowest BCUT2D eigenvalue weighted by Gasteiger charge is -2.39. The van der Waals surface area contributed by atoms with E-state index in [4.69, 9.17) is 9.47 Å². The molecule has 1 aliphatic carbocycles. The first-order valence-corrected chi connectivity index (χ1v) is 13.8. The van der Waals surface area contributed by atoms with Gasteiger partial charge in [0, 0.05) is 61.8 Å². The largest absolute Gasteiger partial charge is 0.444 e. The fourth-order valence-corrected chi connectivity index (χ4v) is 4.63. The Morgan fingerprint density at radius 1 is 0.974 bits per heavy atom. The van der Waals surface area contributed by atoms with Gasteiger partial charge in [-0.25, -0.2) is 14.8 Å². The van der Waals surface area contributed by atoms with E-state index in [2.05, 4.69) is 15.3 Å². The average molecular weight is 538 g/mol. The maximum Gasteiger partial charge on any atom is 0.410 e. The molecule has 1 aromatic heterocycles. The standard InChI is InChI=1S/C29H39N5O5/c1-5-38-17-14-30-26(35)21-8-6-20(7-9-21)25-31-18-22(19-32-25)27(36)34(23-10-11-23)24-12-15-33(16-13-24)28(37)39-29(2,3)4/h6-9,18-19,23-24H,5,10-17H2,1-4H3,(H,30,35). The van der Waals surface area contributed by atoms with Crippen LogP contribution >= 0.6 is 0 Å². The molecule has 0 bridgehead atoms. The van der Waals surface area contributed by atoms with Crippen molar-refractivity contribution >= 4 is 17.9 Å². The fraction of sp³-hybridized carbons (Fsp3) is 0.552. The van der Waals surface area contributed by atoms with Gasteiger partial charge >= 0.3 is 6.09 Å². The summed E-state index contributed by atoms with van der Waals surface area (Å²) < 4.78 is 10.7. The van der Waals surface area contributed by atoms with Crippen molar-refractivity contribution in [2.75, 3.05) is 32.8 Å². The Balaban J connectivity index is 1.35. The van der Waals surface area contributed by atoms with Crippen molar-refractivity contribution in [3.63, 3.8) is 0 Å². The number of likely N-dealkylation sites (tertiary alicyclic amines) is 1. The monoisotopic (exact) mass is 537 g/mol. The first-order valence-electron chi connectivity index (χ1n) is 13.8. The lowest BCUT2D eigenvalue weighted by atomic mass is 10.0. The molecule has 1 saturated heterocycles. The molecule has 1 aliphatic heterocycles. The molecule has 0 atom stereocenters. The predicted molar refractivity (Wildman–Crippen MR) is 146 cm³/mol. The summed E-state index contributed by atoms with van der Waals surface area (Å²) in [7, 11) is 0. The van der Waals surface area contributed by atoms with Crippen molar-refractivity contribution in [1.29, 1.82) is 0 Å². The van der Waals surface area contributed by atoms with E-state index in [0.717, 1.165) is 18.4 Å². The molecule has 10 heteroatoms. The van der Waals surface area contributed by atoms with E-state index in [-0.39, 0.29) is 30.0 Å². The molecular formula is C29H39N5O5. The molecule has 3 amide bonds. The highest BCUT2D eigenvalue weighted by atomic mass is 16.6. The van der Waals surface area contributed by atoms with Crippen LogP contribution in [0.5, 0.6) is 0 Å². The Morgan fingerprint density at radius 3 is 2.15 bits per heavy atom. The second kappa shape index (κ2) is 12.5. The number of rotatable bonds is 9. The molecule has 2 aromatic rings. The first kappa shape index (κ1) is 28.5. The van der Waals surface area contributed by atoms with Crippen molar-refractivity contribution in [1.82, 2.24) is 25.1 Å². The molecule has 39 heavy (non-hydrogen) atoms. The molecule has 10 nitrogen and oxygen atoms in total. The molecule has 210 valence electrons. The Kier molecular flexibility index (Phi) is 9.16. The summed E-state index contributed by atoms with van der Waals surface area (Å²) >= 11 is 0. The van der Waals surface area contributed by atoms with Crippen LogP contribution in [-0.2, 0) is 9.47 Å². The Morgan fingerprint density at radius 2 is 1.59 bits per heavy atom. The Labute approximate surface area is 230 Å². The number of benzene rings is 1. The number of nitrogens with zero attached hydrogens (tertiary/aromatic N) is 4. The van der Waals surface area contributed by atoms with Gasteiger partial charge in [-0.05, 0) is 65.5 Å². The molecule has 1 saturated carbocycles. The predicted octanol–water partition coefficient (Wildman–Crippen LogP) is 3.91. The van der Waals surface area contributed by atoms with Gasteiger partial charge in [-0.3, -0.25) is 9.59 Å². The normalized spacial score (nSPS) is 16.1. The van der Waals surface area contributed by atoms with E-state index in [9.17, 15) is 14.4 Å². The van der Waals surface area contributed by atoms with Crippen LogP contribution in [0.2, 0.25) is 0 Å². The summed E-state index contributed by atoms with van der Waals surface area (Å²) in [5, 5.41) is 2.82. The zero-order valence-corrected chi connectivity index (χ0v) is 23.3. The topological polar surface area (TPSA) is 114 Å². The number of carbonyl (C=O) groups excluding carboxylic acids is 3. The Bertz CT molecular complexity index is 1130. The van der Waals surface area contributed by atoms with Gasteiger partial charge in [-0.2, -0.15) is 0 Å². The first-order chi connectivity index (χ1) is 18.7. The minimum Gasteiger partial charge on any atom is -0.444 e. The van der Waals surface area contributed by atoms with Crippen LogP contribution in [-0.4, -0.2) is 88.2 Å². The second-order valence-corrected chi connectivity index (χ2v) is 11.0. The number of aromatic nitrogens is 2. The summed E-state index contributed by atoms with van der Waals surface area (Å²) in [4.78, 5) is 50.8.